The van der Waals surface area contributed by atoms with Gasteiger partial charge in [-0.15, -0.1) is 0 Å². The number of amides is 1. The van der Waals surface area contributed by atoms with Crippen molar-refractivity contribution in [1.29, 1.82) is 0 Å². The lowest BCUT2D eigenvalue weighted by atomic mass is 10.2. The molecule has 2 N–H and O–H groups in total. The summed E-state index contributed by atoms with van der Waals surface area (Å²) in [6.45, 7) is 2.17. The number of hydrogen-bond acceptors (Lipinski definition) is 4. The molecule has 2 unspecified atom stereocenters. The number of nitrogens with zero attached hydrogens (tertiary/aromatic N) is 1. The molecule has 2 rings (SSSR count). The largest absolute Gasteiger partial charge is 0.373 e. The Bertz CT molecular complexity index is 483. The number of pyridine rings is 1. The van der Waals surface area contributed by atoms with Gasteiger partial charge in [-0.2, -0.15) is 11.8 Å². The van der Waals surface area contributed by atoms with E-state index in [4.69, 9.17) is 11.6 Å². The maximum atomic E-state index is 12.3. The highest BCUT2D eigenvalue weighted by Gasteiger charge is 2.26. The van der Waals surface area contributed by atoms with Crippen LogP contribution in [0.1, 0.15) is 36.5 Å². The summed E-state index contributed by atoms with van der Waals surface area (Å²) in [4.78, 5) is 16.4. The van der Waals surface area contributed by atoms with E-state index in [1.807, 2.05) is 11.8 Å². The van der Waals surface area contributed by atoms with Crippen LogP contribution in [0.25, 0.3) is 0 Å². The molecule has 0 aromatic carbocycles. The van der Waals surface area contributed by atoms with E-state index in [-0.39, 0.29) is 11.9 Å². The van der Waals surface area contributed by atoms with Crippen molar-refractivity contribution in [2.45, 2.75) is 37.5 Å². The van der Waals surface area contributed by atoms with Gasteiger partial charge in [0.2, 0.25) is 0 Å². The van der Waals surface area contributed by atoms with Crippen LogP contribution in [0.3, 0.4) is 0 Å². The molecule has 20 heavy (non-hydrogen) atoms. The molecule has 4 nitrogen and oxygen atoms in total. The first-order valence-corrected chi connectivity index (χ1v) is 8.32. The van der Waals surface area contributed by atoms with Gasteiger partial charge in [0.15, 0.2) is 0 Å². The number of anilines is 1. The first-order valence-electron chi connectivity index (χ1n) is 6.89. The summed E-state index contributed by atoms with van der Waals surface area (Å²) in [7, 11) is 1.77. The van der Waals surface area contributed by atoms with E-state index in [1.165, 1.54) is 12.6 Å². The van der Waals surface area contributed by atoms with E-state index in [9.17, 15) is 4.79 Å². The molecule has 2 atom stereocenters. The van der Waals surface area contributed by atoms with Crippen molar-refractivity contribution < 1.29 is 4.79 Å². The molecule has 0 aliphatic heterocycles. The molecule has 0 radical (unpaired) electrons. The Labute approximate surface area is 129 Å². The lowest BCUT2D eigenvalue weighted by Crippen LogP contribution is -2.33. The summed E-state index contributed by atoms with van der Waals surface area (Å²) in [5.74, 6) is 1.67. The van der Waals surface area contributed by atoms with Gasteiger partial charge in [-0.3, -0.25) is 4.79 Å². The minimum absolute atomic E-state index is 0.110. The molecule has 0 saturated heterocycles. The summed E-state index contributed by atoms with van der Waals surface area (Å²) >= 11 is 8.03. The lowest BCUT2D eigenvalue weighted by molar-refractivity contribution is 0.0938. The number of thioether (sulfide) groups is 1. The number of carbonyl (C=O) groups excluding carboxylic acids is 1. The first-order chi connectivity index (χ1) is 9.63. The molecule has 0 bridgehead atoms. The Morgan fingerprint density at radius 1 is 1.55 bits per heavy atom. The molecule has 1 aliphatic carbocycles. The molecule has 0 spiro atoms. The van der Waals surface area contributed by atoms with Gasteiger partial charge in [-0.05, 0) is 31.1 Å². The Kier molecular flexibility index (Phi) is 5.54. The highest BCUT2D eigenvalue weighted by molar-refractivity contribution is 7.99. The van der Waals surface area contributed by atoms with Crippen molar-refractivity contribution in [3.05, 3.63) is 22.8 Å². The van der Waals surface area contributed by atoms with Crippen molar-refractivity contribution in [2.24, 2.45) is 0 Å². The van der Waals surface area contributed by atoms with E-state index in [0.29, 0.717) is 21.7 Å². The molecule has 1 aliphatic rings. The molecular weight excluding hydrogens is 294 g/mol. The molecular formula is C14H20ClN3OS. The molecule has 6 heteroatoms. The maximum absolute atomic E-state index is 12.3. The average Bonchev–Trinajstić information content (AvgIpc) is 2.87. The standard InChI is InChI=1S/C14H20ClN3OS/c1-3-20-10-5-4-9(6-10)18-14(19)11-7-13(16-2)17-8-12(11)15/h7-10H,3-6H2,1-2H3,(H,16,17)(H,18,19). The van der Waals surface area contributed by atoms with E-state index in [2.05, 4.69) is 22.5 Å². The quantitative estimate of drug-likeness (QED) is 0.876. The van der Waals surface area contributed by atoms with Crippen LogP contribution in [-0.4, -0.2) is 35.0 Å². The van der Waals surface area contributed by atoms with Crippen LogP contribution < -0.4 is 10.6 Å². The zero-order valence-corrected chi connectivity index (χ0v) is 13.4. The number of carbonyl (C=O) groups is 1. The molecule has 1 fully saturated rings. The monoisotopic (exact) mass is 313 g/mol. The van der Waals surface area contributed by atoms with Crippen molar-refractivity contribution in [2.75, 3.05) is 18.1 Å². The third-order valence-corrected chi connectivity index (χ3v) is 5.01. The van der Waals surface area contributed by atoms with E-state index >= 15 is 0 Å². The summed E-state index contributed by atoms with van der Waals surface area (Å²) in [6.07, 6.45) is 4.78. The molecule has 1 heterocycles. The predicted octanol–water partition coefficient (Wildman–Crippen LogP) is 3.18. The summed E-state index contributed by atoms with van der Waals surface area (Å²) in [5, 5.41) is 7.06. The molecule has 1 aromatic heterocycles. The van der Waals surface area contributed by atoms with Crippen LogP contribution >= 0.6 is 23.4 Å². The van der Waals surface area contributed by atoms with Gasteiger partial charge in [-0.1, -0.05) is 18.5 Å². The zero-order valence-electron chi connectivity index (χ0n) is 11.8. The van der Waals surface area contributed by atoms with Gasteiger partial charge in [0.05, 0.1) is 10.6 Å². The Balaban J connectivity index is 1.98. The normalized spacial score (nSPS) is 21.8. The van der Waals surface area contributed by atoms with E-state index in [0.717, 1.165) is 18.6 Å². The molecule has 1 aromatic rings. The maximum Gasteiger partial charge on any atom is 0.253 e. The third-order valence-electron chi connectivity index (χ3n) is 3.48. The van der Waals surface area contributed by atoms with Crippen molar-refractivity contribution in [1.82, 2.24) is 10.3 Å². The first kappa shape index (κ1) is 15.4. The van der Waals surface area contributed by atoms with Crippen molar-refractivity contribution in [3.8, 4) is 0 Å². The summed E-state index contributed by atoms with van der Waals surface area (Å²) in [5.41, 5.74) is 0.484. The second-order valence-electron chi connectivity index (χ2n) is 4.86. The van der Waals surface area contributed by atoms with E-state index in [1.54, 1.807) is 13.1 Å². The Morgan fingerprint density at radius 3 is 3.05 bits per heavy atom. The minimum atomic E-state index is -0.110. The Hall–Kier alpha value is -0.940. The highest BCUT2D eigenvalue weighted by atomic mass is 35.5. The van der Waals surface area contributed by atoms with Crippen LogP contribution in [-0.2, 0) is 0 Å². The summed E-state index contributed by atoms with van der Waals surface area (Å²) < 4.78 is 0. The van der Waals surface area contributed by atoms with Crippen molar-refractivity contribution in [3.63, 3.8) is 0 Å². The lowest BCUT2D eigenvalue weighted by Gasteiger charge is -2.14. The van der Waals surface area contributed by atoms with E-state index < -0.39 is 0 Å². The van der Waals surface area contributed by atoms with Crippen molar-refractivity contribution >= 4 is 35.1 Å². The topological polar surface area (TPSA) is 54.0 Å². The minimum Gasteiger partial charge on any atom is -0.373 e. The average molecular weight is 314 g/mol. The number of rotatable bonds is 5. The van der Waals surface area contributed by atoms with Crippen LogP contribution in [0.15, 0.2) is 12.3 Å². The summed E-state index contributed by atoms with van der Waals surface area (Å²) in [6, 6.07) is 1.94. The zero-order chi connectivity index (χ0) is 14.5. The SMILES string of the molecule is CCSC1CCC(NC(=O)c2cc(NC)ncc2Cl)C1. The smallest absolute Gasteiger partial charge is 0.253 e. The second kappa shape index (κ2) is 7.18. The number of nitrogens with one attached hydrogen (secondary N) is 2. The van der Waals surface area contributed by atoms with Gasteiger partial charge in [-0.25, -0.2) is 4.98 Å². The van der Waals surface area contributed by atoms with Gasteiger partial charge < -0.3 is 10.6 Å². The molecule has 1 amide bonds. The van der Waals surface area contributed by atoms with Crippen LogP contribution in [0.2, 0.25) is 5.02 Å². The molecule has 1 saturated carbocycles. The Morgan fingerprint density at radius 2 is 2.35 bits per heavy atom. The fourth-order valence-corrected chi connectivity index (χ4v) is 3.80. The fraction of sp³-hybridized carbons (Fsp3) is 0.571. The van der Waals surface area contributed by atoms with Gasteiger partial charge in [0, 0.05) is 24.5 Å². The van der Waals surface area contributed by atoms with Gasteiger partial charge >= 0.3 is 0 Å². The second-order valence-corrected chi connectivity index (χ2v) is 6.84. The number of aromatic nitrogens is 1. The van der Waals surface area contributed by atoms with Gasteiger partial charge in [0.25, 0.3) is 5.91 Å². The van der Waals surface area contributed by atoms with Crippen LogP contribution in [0.5, 0.6) is 0 Å². The third kappa shape index (κ3) is 3.79. The molecule has 110 valence electrons. The van der Waals surface area contributed by atoms with Crippen LogP contribution in [0.4, 0.5) is 5.82 Å². The predicted molar refractivity (Wildman–Crippen MR) is 85.8 cm³/mol. The highest BCUT2D eigenvalue weighted by Crippen LogP contribution is 2.30. The number of halogens is 1. The fourth-order valence-electron chi connectivity index (χ4n) is 2.47. The number of hydrogen-bond donors (Lipinski definition) is 2. The van der Waals surface area contributed by atoms with Gasteiger partial charge in [0.1, 0.15) is 5.82 Å². The van der Waals surface area contributed by atoms with Crippen LogP contribution in [0, 0.1) is 0 Å².